The standard InChI is InChI=1S/C9H13N3O.CH4/c13-7-8-5-10-9(11-6-8)12-3-1-2-4-12;/h5-6,13H,1-4,7H2;1H4. The van der Waals surface area contributed by atoms with E-state index in [1.165, 1.54) is 12.8 Å². The highest BCUT2D eigenvalue weighted by Gasteiger charge is 2.13. The molecule has 1 aromatic rings. The molecular weight excluding hydrogens is 178 g/mol. The Morgan fingerprint density at radius 1 is 1.21 bits per heavy atom. The van der Waals surface area contributed by atoms with Crippen molar-refractivity contribution < 1.29 is 5.11 Å². The molecule has 1 fully saturated rings. The molecule has 0 amide bonds. The molecule has 78 valence electrons. The predicted molar refractivity (Wildman–Crippen MR) is 56.1 cm³/mol. The number of rotatable bonds is 2. The summed E-state index contributed by atoms with van der Waals surface area (Å²) in [6.07, 6.45) is 5.82. The maximum Gasteiger partial charge on any atom is 0.225 e. The van der Waals surface area contributed by atoms with E-state index < -0.39 is 0 Å². The van der Waals surface area contributed by atoms with Crippen LogP contribution in [0.1, 0.15) is 25.8 Å². The SMILES string of the molecule is C.OCc1cnc(N2CCCC2)nc1. The third-order valence-corrected chi connectivity index (χ3v) is 2.26. The quantitative estimate of drug-likeness (QED) is 0.770. The minimum atomic E-state index is 0. The molecular formula is C10H17N3O. The highest BCUT2D eigenvalue weighted by Crippen LogP contribution is 2.14. The Morgan fingerprint density at radius 2 is 1.79 bits per heavy atom. The van der Waals surface area contributed by atoms with Gasteiger partial charge in [-0.2, -0.15) is 0 Å². The number of aliphatic hydroxyl groups is 1. The van der Waals surface area contributed by atoms with Crippen molar-refractivity contribution in [3.05, 3.63) is 18.0 Å². The number of hydrogen-bond donors (Lipinski definition) is 1. The van der Waals surface area contributed by atoms with Crippen molar-refractivity contribution in [2.75, 3.05) is 18.0 Å². The van der Waals surface area contributed by atoms with Gasteiger partial charge < -0.3 is 10.0 Å². The van der Waals surface area contributed by atoms with Gasteiger partial charge in [0.2, 0.25) is 5.95 Å². The molecule has 2 rings (SSSR count). The average molecular weight is 195 g/mol. The first-order valence-corrected chi connectivity index (χ1v) is 4.57. The first-order chi connectivity index (χ1) is 6.40. The first-order valence-electron chi connectivity index (χ1n) is 4.57. The largest absolute Gasteiger partial charge is 0.392 e. The van der Waals surface area contributed by atoms with Crippen LogP contribution in [0.5, 0.6) is 0 Å². The van der Waals surface area contributed by atoms with Gasteiger partial charge in [0.1, 0.15) is 0 Å². The molecule has 1 aliphatic heterocycles. The minimum Gasteiger partial charge on any atom is -0.392 e. The molecule has 0 atom stereocenters. The van der Waals surface area contributed by atoms with Gasteiger partial charge in [0.05, 0.1) is 6.61 Å². The Kier molecular flexibility index (Phi) is 3.83. The number of hydrogen-bond acceptors (Lipinski definition) is 4. The molecule has 1 saturated heterocycles. The molecule has 1 N–H and O–H groups in total. The summed E-state index contributed by atoms with van der Waals surface area (Å²) in [5.41, 5.74) is 0.767. The Balaban J connectivity index is 0.000000980. The molecule has 0 saturated carbocycles. The van der Waals surface area contributed by atoms with Crippen LogP contribution < -0.4 is 4.90 Å². The molecule has 0 aliphatic carbocycles. The van der Waals surface area contributed by atoms with E-state index in [1.54, 1.807) is 12.4 Å². The Bertz CT molecular complexity index is 267. The van der Waals surface area contributed by atoms with E-state index in [1.807, 2.05) is 0 Å². The van der Waals surface area contributed by atoms with Crippen LogP contribution in [-0.4, -0.2) is 28.2 Å². The molecule has 0 radical (unpaired) electrons. The van der Waals surface area contributed by atoms with Crippen molar-refractivity contribution in [2.24, 2.45) is 0 Å². The van der Waals surface area contributed by atoms with Gasteiger partial charge in [-0.1, -0.05) is 7.43 Å². The molecule has 0 unspecified atom stereocenters. The van der Waals surface area contributed by atoms with Crippen molar-refractivity contribution >= 4 is 5.95 Å². The van der Waals surface area contributed by atoms with E-state index in [4.69, 9.17) is 5.11 Å². The fourth-order valence-corrected chi connectivity index (χ4v) is 1.51. The molecule has 0 spiro atoms. The zero-order valence-electron chi connectivity index (χ0n) is 7.48. The fourth-order valence-electron chi connectivity index (χ4n) is 1.51. The van der Waals surface area contributed by atoms with Crippen LogP contribution in [0.2, 0.25) is 0 Å². The zero-order chi connectivity index (χ0) is 9.10. The second-order valence-electron chi connectivity index (χ2n) is 3.24. The summed E-state index contributed by atoms with van der Waals surface area (Å²) in [6.45, 7) is 2.12. The molecule has 0 bridgehead atoms. The van der Waals surface area contributed by atoms with E-state index in [0.717, 1.165) is 24.6 Å². The van der Waals surface area contributed by atoms with Crippen LogP contribution in [0.15, 0.2) is 12.4 Å². The van der Waals surface area contributed by atoms with Crippen LogP contribution in [0.4, 0.5) is 5.95 Å². The highest BCUT2D eigenvalue weighted by atomic mass is 16.3. The van der Waals surface area contributed by atoms with Gasteiger partial charge in [-0.25, -0.2) is 9.97 Å². The Hall–Kier alpha value is -1.16. The number of aliphatic hydroxyl groups excluding tert-OH is 1. The molecule has 0 aromatic carbocycles. The summed E-state index contributed by atoms with van der Waals surface area (Å²) in [4.78, 5) is 10.5. The van der Waals surface area contributed by atoms with E-state index in [-0.39, 0.29) is 14.0 Å². The second-order valence-corrected chi connectivity index (χ2v) is 3.24. The van der Waals surface area contributed by atoms with Crippen LogP contribution >= 0.6 is 0 Å². The molecule has 1 aromatic heterocycles. The maximum atomic E-state index is 8.80. The molecule has 1 aliphatic rings. The smallest absolute Gasteiger partial charge is 0.225 e. The van der Waals surface area contributed by atoms with Gasteiger partial charge in [0.15, 0.2) is 0 Å². The van der Waals surface area contributed by atoms with Gasteiger partial charge in [0, 0.05) is 31.0 Å². The summed E-state index contributed by atoms with van der Waals surface area (Å²) in [5.74, 6) is 0.787. The molecule has 4 heteroatoms. The average Bonchev–Trinajstić information content (AvgIpc) is 2.71. The van der Waals surface area contributed by atoms with Crippen LogP contribution in [0, 0.1) is 0 Å². The van der Waals surface area contributed by atoms with Crippen LogP contribution in [0.3, 0.4) is 0 Å². The van der Waals surface area contributed by atoms with E-state index in [9.17, 15) is 0 Å². The van der Waals surface area contributed by atoms with Crippen molar-refractivity contribution in [3.8, 4) is 0 Å². The lowest BCUT2D eigenvalue weighted by molar-refractivity contribution is 0.281. The Morgan fingerprint density at radius 3 is 2.29 bits per heavy atom. The zero-order valence-corrected chi connectivity index (χ0v) is 7.48. The van der Waals surface area contributed by atoms with Crippen molar-refractivity contribution in [1.82, 2.24) is 9.97 Å². The number of anilines is 1. The summed E-state index contributed by atoms with van der Waals surface area (Å²) in [5, 5.41) is 8.80. The Labute approximate surface area is 84.6 Å². The molecule has 4 nitrogen and oxygen atoms in total. The van der Waals surface area contributed by atoms with E-state index in [0.29, 0.717) is 0 Å². The predicted octanol–water partition coefficient (Wildman–Crippen LogP) is 1.21. The lowest BCUT2D eigenvalue weighted by atomic mass is 10.4. The van der Waals surface area contributed by atoms with Crippen molar-refractivity contribution in [2.45, 2.75) is 26.9 Å². The molecule has 2 heterocycles. The van der Waals surface area contributed by atoms with Crippen molar-refractivity contribution in [1.29, 1.82) is 0 Å². The summed E-state index contributed by atoms with van der Waals surface area (Å²) >= 11 is 0. The first kappa shape index (κ1) is 10.9. The fraction of sp³-hybridized carbons (Fsp3) is 0.600. The van der Waals surface area contributed by atoms with Gasteiger partial charge in [0.25, 0.3) is 0 Å². The second kappa shape index (κ2) is 4.91. The normalized spacial score (nSPS) is 15.4. The van der Waals surface area contributed by atoms with Crippen LogP contribution in [-0.2, 0) is 6.61 Å². The summed E-state index contributed by atoms with van der Waals surface area (Å²) < 4.78 is 0. The highest BCUT2D eigenvalue weighted by molar-refractivity contribution is 5.30. The van der Waals surface area contributed by atoms with Gasteiger partial charge in [-0.15, -0.1) is 0 Å². The van der Waals surface area contributed by atoms with Crippen molar-refractivity contribution in [3.63, 3.8) is 0 Å². The lowest BCUT2D eigenvalue weighted by Gasteiger charge is -2.14. The van der Waals surface area contributed by atoms with E-state index in [2.05, 4.69) is 14.9 Å². The number of aromatic nitrogens is 2. The minimum absolute atomic E-state index is 0. The van der Waals surface area contributed by atoms with Gasteiger partial charge in [-0.05, 0) is 12.8 Å². The van der Waals surface area contributed by atoms with Gasteiger partial charge >= 0.3 is 0 Å². The van der Waals surface area contributed by atoms with E-state index >= 15 is 0 Å². The van der Waals surface area contributed by atoms with Crippen LogP contribution in [0.25, 0.3) is 0 Å². The van der Waals surface area contributed by atoms with Gasteiger partial charge in [-0.3, -0.25) is 0 Å². The lowest BCUT2D eigenvalue weighted by Crippen LogP contribution is -2.20. The summed E-state index contributed by atoms with van der Waals surface area (Å²) in [7, 11) is 0. The third kappa shape index (κ3) is 2.20. The maximum absolute atomic E-state index is 8.80. The number of nitrogens with zero attached hydrogens (tertiary/aromatic N) is 3. The molecule has 14 heavy (non-hydrogen) atoms. The summed E-state index contributed by atoms with van der Waals surface area (Å²) in [6, 6.07) is 0. The third-order valence-electron chi connectivity index (χ3n) is 2.26. The topological polar surface area (TPSA) is 49.3 Å². The monoisotopic (exact) mass is 195 g/mol.